The number of benzene rings is 1. The molecule has 1 aromatic carbocycles. The van der Waals surface area contributed by atoms with E-state index in [1.165, 1.54) is 0 Å². The number of amides is 1. The van der Waals surface area contributed by atoms with Crippen LogP contribution in [0.2, 0.25) is 0 Å². The third-order valence-electron chi connectivity index (χ3n) is 4.14. The van der Waals surface area contributed by atoms with Crippen molar-refractivity contribution in [1.29, 1.82) is 0 Å². The summed E-state index contributed by atoms with van der Waals surface area (Å²) in [5.74, 6) is 0.982. The average molecular weight is 272 g/mol. The molecule has 2 atom stereocenters. The molecule has 0 spiro atoms. The first-order chi connectivity index (χ1) is 9.66. The molecule has 1 aromatic heterocycles. The van der Waals surface area contributed by atoms with Gasteiger partial charge in [-0.3, -0.25) is 4.79 Å². The minimum atomic E-state index is -0.0581. The summed E-state index contributed by atoms with van der Waals surface area (Å²) >= 11 is 0. The fourth-order valence-electron chi connectivity index (χ4n) is 2.73. The summed E-state index contributed by atoms with van der Waals surface area (Å²) in [6, 6.07) is 9.85. The van der Waals surface area contributed by atoms with E-state index in [0.29, 0.717) is 0 Å². The van der Waals surface area contributed by atoms with Gasteiger partial charge in [-0.2, -0.15) is 0 Å². The van der Waals surface area contributed by atoms with Gasteiger partial charge in [-0.15, -0.1) is 0 Å². The van der Waals surface area contributed by atoms with Gasteiger partial charge in [-0.1, -0.05) is 18.2 Å². The van der Waals surface area contributed by atoms with Crippen LogP contribution in [-0.2, 0) is 4.79 Å². The Labute approximate surface area is 118 Å². The number of carbonyl (C=O) groups excluding carboxylic acids is 1. The van der Waals surface area contributed by atoms with Crippen LogP contribution in [0.25, 0.3) is 11.0 Å². The SMILES string of the molecule is CC(c1cc2ccccc2o1)N(C)C(=O)[C@H]1CCCN1. The maximum Gasteiger partial charge on any atom is 0.240 e. The van der Waals surface area contributed by atoms with E-state index in [1.807, 2.05) is 44.3 Å². The molecule has 0 bridgehead atoms. The van der Waals surface area contributed by atoms with E-state index in [2.05, 4.69) is 5.32 Å². The van der Waals surface area contributed by atoms with Crippen molar-refractivity contribution in [2.75, 3.05) is 13.6 Å². The largest absolute Gasteiger partial charge is 0.459 e. The first kappa shape index (κ1) is 13.2. The number of rotatable bonds is 3. The second-order valence-corrected chi connectivity index (χ2v) is 5.46. The van der Waals surface area contributed by atoms with Gasteiger partial charge in [-0.05, 0) is 38.4 Å². The summed E-state index contributed by atoms with van der Waals surface area (Å²) in [6.45, 7) is 2.94. The van der Waals surface area contributed by atoms with Crippen LogP contribution in [0.4, 0.5) is 0 Å². The van der Waals surface area contributed by atoms with Crippen LogP contribution in [-0.4, -0.2) is 30.4 Å². The lowest BCUT2D eigenvalue weighted by Gasteiger charge is -2.26. The van der Waals surface area contributed by atoms with E-state index in [4.69, 9.17) is 4.42 Å². The molecule has 1 amide bonds. The molecule has 3 rings (SSSR count). The standard InChI is InChI=1S/C16H20N2O2/c1-11(18(2)16(19)13-7-5-9-17-13)15-10-12-6-3-4-8-14(12)20-15/h3-4,6,8,10-11,13,17H,5,7,9H2,1-2H3/t11?,13-/m1/s1. The van der Waals surface area contributed by atoms with E-state index in [1.54, 1.807) is 4.90 Å². The van der Waals surface area contributed by atoms with Crippen LogP contribution in [0.3, 0.4) is 0 Å². The van der Waals surface area contributed by atoms with Gasteiger partial charge >= 0.3 is 0 Å². The molecule has 0 aliphatic carbocycles. The maximum atomic E-state index is 12.4. The molecule has 106 valence electrons. The fourth-order valence-corrected chi connectivity index (χ4v) is 2.73. The number of furan rings is 1. The van der Waals surface area contributed by atoms with Crippen molar-refractivity contribution in [3.63, 3.8) is 0 Å². The highest BCUT2D eigenvalue weighted by Crippen LogP contribution is 2.27. The summed E-state index contributed by atoms with van der Waals surface area (Å²) in [5.41, 5.74) is 0.870. The van der Waals surface area contributed by atoms with Crippen LogP contribution in [0.1, 0.15) is 31.6 Å². The highest BCUT2D eigenvalue weighted by molar-refractivity contribution is 5.83. The Morgan fingerprint density at radius 3 is 2.95 bits per heavy atom. The molecule has 2 heterocycles. The summed E-state index contributed by atoms with van der Waals surface area (Å²) in [6.07, 6.45) is 2.00. The number of fused-ring (bicyclic) bond motifs is 1. The molecule has 1 unspecified atom stereocenters. The van der Waals surface area contributed by atoms with Crippen LogP contribution >= 0.6 is 0 Å². The number of likely N-dealkylation sites (N-methyl/N-ethyl adjacent to an activating group) is 1. The minimum Gasteiger partial charge on any atom is -0.459 e. The zero-order valence-corrected chi connectivity index (χ0v) is 11.9. The Bertz CT molecular complexity index is 581. The van der Waals surface area contributed by atoms with Crippen LogP contribution in [0, 0.1) is 0 Å². The summed E-state index contributed by atoms with van der Waals surface area (Å²) in [5, 5.41) is 4.33. The molecule has 1 fully saturated rings. The number of nitrogens with zero attached hydrogens (tertiary/aromatic N) is 1. The zero-order chi connectivity index (χ0) is 14.1. The molecule has 1 aliphatic rings. The lowest BCUT2D eigenvalue weighted by molar-refractivity contribution is -0.134. The van der Waals surface area contributed by atoms with E-state index in [9.17, 15) is 4.79 Å². The Morgan fingerprint density at radius 2 is 2.25 bits per heavy atom. The van der Waals surface area contributed by atoms with Crippen molar-refractivity contribution < 1.29 is 9.21 Å². The molecule has 1 N–H and O–H groups in total. The predicted octanol–water partition coefficient (Wildman–Crippen LogP) is 2.70. The number of para-hydroxylation sites is 1. The van der Waals surface area contributed by atoms with Gasteiger partial charge in [0.25, 0.3) is 0 Å². The van der Waals surface area contributed by atoms with E-state index in [0.717, 1.165) is 36.1 Å². The van der Waals surface area contributed by atoms with Gasteiger partial charge in [-0.25, -0.2) is 0 Å². The average Bonchev–Trinajstić information content (AvgIpc) is 3.13. The van der Waals surface area contributed by atoms with Crippen molar-refractivity contribution in [1.82, 2.24) is 10.2 Å². The molecule has 0 radical (unpaired) electrons. The first-order valence-corrected chi connectivity index (χ1v) is 7.15. The number of hydrogen-bond acceptors (Lipinski definition) is 3. The molecular weight excluding hydrogens is 252 g/mol. The molecule has 1 aliphatic heterocycles. The molecule has 2 aromatic rings. The second kappa shape index (κ2) is 5.29. The summed E-state index contributed by atoms with van der Waals surface area (Å²) in [7, 11) is 1.85. The third-order valence-corrected chi connectivity index (χ3v) is 4.14. The van der Waals surface area contributed by atoms with Crippen LogP contribution in [0.15, 0.2) is 34.7 Å². The summed E-state index contributed by atoms with van der Waals surface area (Å²) in [4.78, 5) is 14.2. The van der Waals surface area contributed by atoms with E-state index >= 15 is 0 Å². The third kappa shape index (κ3) is 2.31. The van der Waals surface area contributed by atoms with Gasteiger partial charge in [0.05, 0.1) is 12.1 Å². The van der Waals surface area contributed by atoms with Crippen molar-refractivity contribution in [2.45, 2.75) is 31.8 Å². The Hall–Kier alpha value is -1.81. The van der Waals surface area contributed by atoms with Crippen molar-refractivity contribution in [2.24, 2.45) is 0 Å². The number of hydrogen-bond donors (Lipinski definition) is 1. The zero-order valence-electron chi connectivity index (χ0n) is 11.9. The Kier molecular flexibility index (Phi) is 3.49. The molecule has 20 heavy (non-hydrogen) atoms. The van der Waals surface area contributed by atoms with Gasteiger partial charge in [0, 0.05) is 12.4 Å². The highest BCUT2D eigenvalue weighted by Gasteiger charge is 2.28. The minimum absolute atomic E-state index is 0.0353. The quantitative estimate of drug-likeness (QED) is 0.934. The van der Waals surface area contributed by atoms with Crippen LogP contribution < -0.4 is 5.32 Å². The van der Waals surface area contributed by atoms with Crippen molar-refractivity contribution >= 4 is 16.9 Å². The normalized spacial score (nSPS) is 20.2. The van der Waals surface area contributed by atoms with E-state index in [-0.39, 0.29) is 18.0 Å². The molecule has 4 heteroatoms. The topological polar surface area (TPSA) is 45.5 Å². The molecule has 0 saturated carbocycles. The van der Waals surface area contributed by atoms with Gasteiger partial charge in [0.1, 0.15) is 11.3 Å². The predicted molar refractivity (Wildman–Crippen MR) is 78.4 cm³/mol. The van der Waals surface area contributed by atoms with Gasteiger partial charge in [0.2, 0.25) is 5.91 Å². The number of nitrogens with one attached hydrogen (secondary N) is 1. The summed E-state index contributed by atoms with van der Waals surface area (Å²) < 4.78 is 5.85. The number of carbonyl (C=O) groups is 1. The maximum absolute atomic E-state index is 12.4. The van der Waals surface area contributed by atoms with Gasteiger partial charge < -0.3 is 14.6 Å². The Morgan fingerprint density at radius 1 is 1.45 bits per heavy atom. The fraction of sp³-hybridized carbons (Fsp3) is 0.438. The monoisotopic (exact) mass is 272 g/mol. The molecule has 1 saturated heterocycles. The van der Waals surface area contributed by atoms with Crippen molar-refractivity contribution in [3.05, 3.63) is 36.1 Å². The second-order valence-electron chi connectivity index (χ2n) is 5.46. The smallest absolute Gasteiger partial charge is 0.240 e. The molecular formula is C16H20N2O2. The Balaban J connectivity index is 1.80. The van der Waals surface area contributed by atoms with Gasteiger partial charge in [0.15, 0.2) is 0 Å². The highest BCUT2D eigenvalue weighted by atomic mass is 16.3. The van der Waals surface area contributed by atoms with Crippen molar-refractivity contribution in [3.8, 4) is 0 Å². The molecule has 4 nitrogen and oxygen atoms in total. The van der Waals surface area contributed by atoms with E-state index < -0.39 is 0 Å². The first-order valence-electron chi connectivity index (χ1n) is 7.15. The lowest BCUT2D eigenvalue weighted by Crippen LogP contribution is -2.42. The van der Waals surface area contributed by atoms with Crippen LogP contribution in [0.5, 0.6) is 0 Å². The lowest BCUT2D eigenvalue weighted by atomic mass is 10.1.